The summed E-state index contributed by atoms with van der Waals surface area (Å²) >= 11 is 0. The third-order valence-corrected chi connectivity index (χ3v) is 4.73. The van der Waals surface area contributed by atoms with Crippen LogP contribution in [0.3, 0.4) is 0 Å². The lowest BCUT2D eigenvalue weighted by molar-refractivity contribution is -0.118. The van der Waals surface area contributed by atoms with Crippen LogP contribution in [0, 0.1) is 0 Å². The maximum absolute atomic E-state index is 13.1. The van der Waals surface area contributed by atoms with Gasteiger partial charge in [0.1, 0.15) is 5.75 Å². The summed E-state index contributed by atoms with van der Waals surface area (Å²) in [7, 11) is 5.66. The van der Waals surface area contributed by atoms with E-state index in [4.69, 9.17) is 4.74 Å². The predicted molar refractivity (Wildman–Crippen MR) is 114 cm³/mol. The number of nitrogens with zero attached hydrogens (tertiary/aromatic N) is 2. The number of carbonyl (C=O) groups excluding carboxylic acids is 1. The van der Waals surface area contributed by atoms with Crippen molar-refractivity contribution in [3.05, 3.63) is 78.1 Å². The van der Waals surface area contributed by atoms with E-state index in [1.807, 2.05) is 90.8 Å². The van der Waals surface area contributed by atoms with Crippen molar-refractivity contribution in [2.45, 2.75) is 19.4 Å². The molecule has 1 N–H and O–H groups in total. The van der Waals surface area contributed by atoms with E-state index in [0.717, 1.165) is 28.4 Å². The Balaban J connectivity index is 1.76. The van der Waals surface area contributed by atoms with E-state index in [1.165, 1.54) is 0 Å². The van der Waals surface area contributed by atoms with Crippen LogP contribution in [0.5, 0.6) is 5.75 Å². The molecule has 3 aromatic rings. The molecule has 0 unspecified atom stereocenters. The molecule has 0 radical (unpaired) electrons. The van der Waals surface area contributed by atoms with Crippen molar-refractivity contribution in [3.8, 4) is 5.75 Å². The molecule has 146 valence electrons. The van der Waals surface area contributed by atoms with Crippen LogP contribution in [0.15, 0.2) is 66.9 Å². The van der Waals surface area contributed by atoms with E-state index in [-0.39, 0.29) is 5.91 Å². The molecular weight excluding hydrogens is 350 g/mol. The van der Waals surface area contributed by atoms with Crippen molar-refractivity contribution in [1.29, 1.82) is 0 Å². The topological polar surface area (TPSA) is 48.6 Å². The summed E-state index contributed by atoms with van der Waals surface area (Å²) in [4.78, 5) is 20.2. The van der Waals surface area contributed by atoms with Gasteiger partial charge in [0, 0.05) is 43.8 Å². The summed E-state index contributed by atoms with van der Waals surface area (Å²) in [5.41, 5.74) is 4.10. The molecule has 3 rings (SSSR count). The first-order valence-electron chi connectivity index (χ1n) is 9.40. The first-order chi connectivity index (χ1) is 13.6. The van der Waals surface area contributed by atoms with Crippen molar-refractivity contribution < 1.29 is 9.53 Å². The summed E-state index contributed by atoms with van der Waals surface area (Å²) in [6.45, 7) is 0.519. The fraction of sp³-hybridized carbons (Fsp3) is 0.261. The smallest absolute Gasteiger partial charge is 0.227 e. The first-order valence-corrected chi connectivity index (χ1v) is 9.40. The van der Waals surface area contributed by atoms with Crippen molar-refractivity contribution in [2.75, 3.05) is 31.0 Å². The van der Waals surface area contributed by atoms with Gasteiger partial charge in [-0.1, -0.05) is 12.1 Å². The summed E-state index contributed by atoms with van der Waals surface area (Å²) in [5, 5.41) is 0. The second-order valence-electron chi connectivity index (χ2n) is 6.94. The highest BCUT2D eigenvalue weighted by molar-refractivity contribution is 5.93. The quantitative estimate of drug-likeness (QED) is 0.638. The molecule has 0 atom stereocenters. The molecule has 2 aromatic carbocycles. The van der Waals surface area contributed by atoms with E-state index < -0.39 is 0 Å². The fourth-order valence-corrected chi connectivity index (χ4v) is 3.10. The van der Waals surface area contributed by atoms with Crippen molar-refractivity contribution in [1.82, 2.24) is 4.98 Å². The summed E-state index contributed by atoms with van der Waals surface area (Å²) in [5.74, 6) is 0.905. The summed E-state index contributed by atoms with van der Waals surface area (Å²) in [6, 6.07) is 19.9. The molecule has 0 fully saturated rings. The lowest BCUT2D eigenvalue weighted by Gasteiger charge is -2.23. The van der Waals surface area contributed by atoms with Gasteiger partial charge in [-0.05, 0) is 60.5 Å². The van der Waals surface area contributed by atoms with Crippen LogP contribution in [0.25, 0.3) is 0 Å². The predicted octanol–water partition coefficient (Wildman–Crippen LogP) is 4.26. The van der Waals surface area contributed by atoms with Crippen molar-refractivity contribution in [2.24, 2.45) is 0 Å². The Hall–Kier alpha value is -3.21. The molecule has 0 aliphatic rings. The number of ether oxygens (including phenoxy) is 1. The van der Waals surface area contributed by atoms with Gasteiger partial charge in [-0.3, -0.25) is 4.79 Å². The fourth-order valence-electron chi connectivity index (χ4n) is 3.10. The number of rotatable bonds is 8. The lowest BCUT2D eigenvalue weighted by atomic mass is 10.1. The number of hydrogen-bond acceptors (Lipinski definition) is 3. The SMILES string of the molecule is COc1cccc(CCC(=O)N(Cc2ccc[nH]2)c2ccc(N(C)C)cc2)c1. The Morgan fingerprint density at radius 3 is 2.39 bits per heavy atom. The highest BCUT2D eigenvalue weighted by Crippen LogP contribution is 2.23. The zero-order chi connectivity index (χ0) is 19.9. The van der Waals surface area contributed by atoms with Crippen LogP contribution in [0.2, 0.25) is 0 Å². The minimum Gasteiger partial charge on any atom is -0.497 e. The van der Waals surface area contributed by atoms with E-state index in [0.29, 0.717) is 19.4 Å². The Morgan fingerprint density at radius 1 is 1.00 bits per heavy atom. The van der Waals surface area contributed by atoms with Gasteiger partial charge in [-0.15, -0.1) is 0 Å². The second kappa shape index (κ2) is 9.13. The molecule has 0 spiro atoms. The molecule has 28 heavy (non-hydrogen) atoms. The number of nitrogens with one attached hydrogen (secondary N) is 1. The number of carbonyl (C=O) groups is 1. The minimum atomic E-state index is 0.0926. The summed E-state index contributed by atoms with van der Waals surface area (Å²) < 4.78 is 5.28. The van der Waals surface area contributed by atoms with Gasteiger partial charge >= 0.3 is 0 Å². The highest BCUT2D eigenvalue weighted by atomic mass is 16.5. The van der Waals surface area contributed by atoms with Crippen LogP contribution >= 0.6 is 0 Å². The lowest BCUT2D eigenvalue weighted by Crippen LogP contribution is -2.30. The van der Waals surface area contributed by atoms with Crippen LogP contribution < -0.4 is 14.5 Å². The number of aryl methyl sites for hydroxylation is 1. The number of anilines is 2. The third kappa shape index (κ3) is 4.94. The average Bonchev–Trinajstić information content (AvgIpc) is 3.24. The zero-order valence-electron chi connectivity index (χ0n) is 16.7. The van der Waals surface area contributed by atoms with Crippen molar-refractivity contribution in [3.63, 3.8) is 0 Å². The van der Waals surface area contributed by atoms with E-state index >= 15 is 0 Å². The molecule has 1 aromatic heterocycles. The molecule has 1 heterocycles. The Kier molecular flexibility index (Phi) is 6.37. The molecule has 0 aliphatic heterocycles. The van der Waals surface area contributed by atoms with Crippen LogP contribution in [0.1, 0.15) is 17.7 Å². The average molecular weight is 377 g/mol. The molecular formula is C23H27N3O2. The minimum absolute atomic E-state index is 0.0926. The molecule has 5 heteroatoms. The molecule has 0 bridgehead atoms. The molecule has 0 saturated carbocycles. The van der Waals surface area contributed by atoms with Gasteiger partial charge < -0.3 is 19.5 Å². The Morgan fingerprint density at radius 2 is 1.75 bits per heavy atom. The summed E-state index contributed by atoms with van der Waals surface area (Å²) in [6.07, 6.45) is 2.99. The number of H-pyrrole nitrogens is 1. The van der Waals surface area contributed by atoms with Crippen LogP contribution in [-0.2, 0) is 17.8 Å². The van der Waals surface area contributed by atoms with Gasteiger partial charge in [0.2, 0.25) is 5.91 Å². The van der Waals surface area contributed by atoms with Gasteiger partial charge in [-0.25, -0.2) is 0 Å². The number of benzene rings is 2. The Bertz CT molecular complexity index is 886. The number of aromatic amines is 1. The zero-order valence-corrected chi connectivity index (χ0v) is 16.7. The standard InChI is InChI=1S/C23H27N3O2/c1-25(2)20-10-12-21(13-11-20)26(17-19-7-5-15-24-19)23(27)14-9-18-6-4-8-22(16-18)28-3/h4-8,10-13,15-16,24H,9,14,17H2,1-3H3. The normalized spacial score (nSPS) is 10.5. The monoisotopic (exact) mass is 377 g/mol. The van der Waals surface area contributed by atoms with Gasteiger partial charge in [0.15, 0.2) is 0 Å². The second-order valence-corrected chi connectivity index (χ2v) is 6.94. The maximum Gasteiger partial charge on any atom is 0.227 e. The van der Waals surface area contributed by atoms with Gasteiger partial charge in [0.05, 0.1) is 13.7 Å². The van der Waals surface area contributed by atoms with Crippen LogP contribution in [-0.4, -0.2) is 32.1 Å². The van der Waals surface area contributed by atoms with E-state index in [9.17, 15) is 4.79 Å². The Labute approximate surface area is 166 Å². The van der Waals surface area contributed by atoms with E-state index in [1.54, 1.807) is 7.11 Å². The number of amides is 1. The van der Waals surface area contributed by atoms with Crippen LogP contribution in [0.4, 0.5) is 11.4 Å². The first kappa shape index (κ1) is 19.5. The van der Waals surface area contributed by atoms with Gasteiger partial charge in [-0.2, -0.15) is 0 Å². The molecule has 0 aliphatic carbocycles. The largest absolute Gasteiger partial charge is 0.497 e. The number of methoxy groups -OCH3 is 1. The number of hydrogen-bond donors (Lipinski definition) is 1. The third-order valence-electron chi connectivity index (χ3n) is 4.73. The molecule has 5 nitrogen and oxygen atoms in total. The van der Waals surface area contributed by atoms with Gasteiger partial charge in [0.25, 0.3) is 0 Å². The maximum atomic E-state index is 13.1. The van der Waals surface area contributed by atoms with Crippen molar-refractivity contribution >= 4 is 17.3 Å². The highest BCUT2D eigenvalue weighted by Gasteiger charge is 2.17. The van der Waals surface area contributed by atoms with E-state index in [2.05, 4.69) is 4.98 Å². The number of aromatic nitrogens is 1. The molecule has 0 saturated heterocycles. The molecule has 1 amide bonds.